The quantitative estimate of drug-likeness (QED) is 0.846. The molecule has 1 aromatic heterocycles. The monoisotopic (exact) mass is 333 g/mol. The summed E-state index contributed by atoms with van der Waals surface area (Å²) >= 11 is 0. The number of piperazine rings is 1. The summed E-state index contributed by atoms with van der Waals surface area (Å²) in [6, 6.07) is 1.81. The lowest BCUT2D eigenvalue weighted by molar-refractivity contribution is -0.132. The summed E-state index contributed by atoms with van der Waals surface area (Å²) in [7, 11) is 0. The Morgan fingerprint density at radius 2 is 1.62 bits per heavy atom. The van der Waals surface area contributed by atoms with Gasteiger partial charge in [0.05, 0.1) is 12.8 Å². The van der Waals surface area contributed by atoms with Gasteiger partial charge in [-0.05, 0) is 25.8 Å². The van der Waals surface area contributed by atoms with Gasteiger partial charge < -0.3 is 14.2 Å². The molecule has 2 aliphatic heterocycles. The van der Waals surface area contributed by atoms with Gasteiger partial charge in [0.15, 0.2) is 5.76 Å². The highest BCUT2D eigenvalue weighted by atomic mass is 16.3. The summed E-state index contributed by atoms with van der Waals surface area (Å²) in [4.78, 5) is 30.9. The maximum Gasteiger partial charge on any atom is 0.289 e. The number of likely N-dealkylation sites (tertiary alicyclic amines) is 1. The van der Waals surface area contributed by atoms with E-state index in [1.165, 1.54) is 12.8 Å². The van der Waals surface area contributed by atoms with E-state index >= 15 is 0 Å². The smallest absolute Gasteiger partial charge is 0.289 e. The molecule has 0 saturated carbocycles. The van der Waals surface area contributed by atoms with Crippen LogP contribution in [0.15, 0.2) is 16.7 Å². The molecule has 24 heavy (non-hydrogen) atoms. The van der Waals surface area contributed by atoms with Crippen LogP contribution in [0.4, 0.5) is 0 Å². The zero-order valence-corrected chi connectivity index (χ0v) is 14.5. The lowest BCUT2D eigenvalue weighted by atomic mass is 10.2. The summed E-state index contributed by atoms with van der Waals surface area (Å²) in [5, 5.41) is 0. The molecule has 2 saturated heterocycles. The van der Waals surface area contributed by atoms with Crippen molar-refractivity contribution in [2.24, 2.45) is 0 Å². The molecule has 0 radical (unpaired) electrons. The van der Waals surface area contributed by atoms with E-state index in [9.17, 15) is 9.59 Å². The molecule has 6 nitrogen and oxygen atoms in total. The number of nitrogens with zero attached hydrogens (tertiary/aromatic N) is 3. The second-order valence-electron chi connectivity index (χ2n) is 6.80. The van der Waals surface area contributed by atoms with Gasteiger partial charge in [-0.2, -0.15) is 0 Å². The third-order valence-electron chi connectivity index (χ3n) is 5.03. The van der Waals surface area contributed by atoms with E-state index in [2.05, 4.69) is 4.90 Å². The van der Waals surface area contributed by atoms with Crippen LogP contribution in [-0.2, 0) is 4.79 Å². The predicted octanol–water partition coefficient (Wildman–Crippen LogP) is 1.75. The molecular formula is C18H27N3O3. The minimum Gasteiger partial charge on any atom is -0.459 e. The Bertz CT molecular complexity index is 568. The molecule has 6 heteroatoms. The van der Waals surface area contributed by atoms with Gasteiger partial charge in [0, 0.05) is 44.8 Å². The molecule has 2 amide bonds. The number of rotatable bonds is 3. The van der Waals surface area contributed by atoms with Gasteiger partial charge in [0.25, 0.3) is 5.91 Å². The molecule has 2 aliphatic rings. The van der Waals surface area contributed by atoms with Crippen molar-refractivity contribution in [2.75, 3.05) is 45.8 Å². The van der Waals surface area contributed by atoms with Gasteiger partial charge in [-0.1, -0.05) is 12.8 Å². The van der Waals surface area contributed by atoms with Crippen LogP contribution < -0.4 is 0 Å². The first-order valence-corrected chi connectivity index (χ1v) is 8.98. The standard InChI is InChI=1S/C18H27N3O3/c1-15-6-13-24-17(15)18(23)21-11-9-19(10-12-21)14-16(22)20-7-4-2-3-5-8-20/h6,13H,2-5,7-12,14H2,1H3. The number of hydrogen-bond acceptors (Lipinski definition) is 4. The summed E-state index contributed by atoms with van der Waals surface area (Å²) in [6.07, 6.45) is 6.26. The number of hydrogen-bond donors (Lipinski definition) is 0. The summed E-state index contributed by atoms with van der Waals surface area (Å²) in [6.45, 7) is 6.92. The molecule has 3 heterocycles. The Morgan fingerprint density at radius 3 is 2.21 bits per heavy atom. The lowest BCUT2D eigenvalue weighted by Gasteiger charge is -2.35. The van der Waals surface area contributed by atoms with E-state index in [0.29, 0.717) is 25.4 Å². The number of carbonyl (C=O) groups is 2. The fourth-order valence-corrected chi connectivity index (χ4v) is 3.46. The highest BCUT2D eigenvalue weighted by molar-refractivity contribution is 5.92. The second kappa shape index (κ2) is 7.83. The lowest BCUT2D eigenvalue weighted by Crippen LogP contribution is -2.51. The molecule has 0 unspecified atom stereocenters. The fourth-order valence-electron chi connectivity index (χ4n) is 3.46. The van der Waals surface area contributed by atoms with E-state index in [1.54, 1.807) is 6.26 Å². The van der Waals surface area contributed by atoms with Crippen molar-refractivity contribution in [3.63, 3.8) is 0 Å². The molecule has 0 aliphatic carbocycles. The van der Waals surface area contributed by atoms with Crippen molar-refractivity contribution < 1.29 is 14.0 Å². The number of furan rings is 1. The van der Waals surface area contributed by atoms with Crippen LogP contribution in [0.5, 0.6) is 0 Å². The maximum absolute atomic E-state index is 12.5. The number of amides is 2. The summed E-state index contributed by atoms with van der Waals surface area (Å²) < 4.78 is 5.30. The maximum atomic E-state index is 12.5. The van der Waals surface area contributed by atoms with Crippen LogP contribution in [0.2, 0.25) is 0 Å². The van der Waals surface area contributed by atoms with E-state index in [4.69, 9.17) is 4.42 Å². The van der Waals surface area contributed by atoms with E-state index in [0.717, 1.165) is 44.6 Å². The van der Waals surface area contributed by atoms with E-state index in [1.807, 2.05) is 22.8 Å². The van der Waals surface area contributed by atoms with Crippen LogP contribution in [0.25, 0.3) is 0 Å². The van der Waals surface area contributed by atoms with Crippen molar-refractivity contribution in [2.45, 2.75) is 32.6 Å². The summed E-state index contributed by atoms with van der Waals surface area (Å²) in [5.41, 5.74) is 0.874. The average molecular weight is 333 g/mol. The third-order valence-corrected chi connectivity index (χ3v) is 5.03. The number of aryl methyl sites for hydroxylation is 1. The normalized spacial score (nSPS) is 20.0. The van der Waals surface area contributed by atoms with Crippen molar-refractivity contribution >= 4 is 11.8 Å². The van der Waals surface area contributed by atoms with Crippen LogP contribution in [-0.4, -0.2) is 72.3 Å². The zero-order valence-electron chi connectivity index (χ0n) is 14.5. The van der Waals surface area contributed by atoms with Crippen molar-refractivity contribution in [3.8, 4) is 0 Å². The minimum atomic E-state index is -0.0454. The first kappa shape index (κ1) is 17.0. The van der Waals surface area contributed by atoms with Crippen molar-refractivity contribution in [1.29, 1.82) is 0 Å². The molecule has 1 aromatic rings. The highest BCUT2D eigenvalue weighted by Crippen LogP contribution is 2.14. The Kier molecular flexibility index (Phi) is 5.56. The molecule has 0 spiro atoms. The zero-order chi connectivity index (χ0) is 16.9. The molecule has 3 rings (SSSR count). The van der Waals surface area contributed by atoms with Crippen LogP contribution in [0.1, 0.15) is 41.8 Å². The van der Waals surface area contributed by atoms with E-state index in [-0.39, 0.29) is 11.8 Å². The third kappa shape index (κ3) is 3.98. The second-order valence-corrected chi connectivity index (χ2v) is 6.80. The van der Waals surface area contributed by atoms with Crippen LogP contribution in [0, 0.1) is 6.92 Å². The first-order chi connectivity index (χ1) is 11.6. The van der Waals surface area contributed by atoms with Gasteiger partial charge in [0.1, 0.15) is 0 Å². The molecular weight excluding hydrogens is 306 g/mol. The molecule has 0 bridgehead atoms. The SMILES string of the molecule is Cc1ccoc1C(=O)N1CCN(CC(=O)N2CCCCCC2)CC1. The minimum absolute atomic E-state index is 0.0454. The van der Waals surface area contributed by atoms with Gasteiger partial charge in [-0.25, -0.2) is 0 Å². The van der Waals surface area contributed by atoms with Crippen molar-refractivity contribution in [3.05, 3.63) is 23.7 Å². The van der Waals surface area contributed by atoms with Gasteiger partial charge in [-0.3, -0.25) is 14.5 Å². The average Bonchev–Trinajstić information content (AvgIpc) is 2.85. The molecule has 2 fully saturated rings. The van der Waals surface area contributed by atoms with Gasteiger partial charge >= 0.3 is 0 Å². The fraction of sp³-hybridized carbons (Fsp3) is 0.667. The molecule has 0 atom stereocenters. The molecule has 0 aromatic carbocycles. The largest absolute Gasteiger partial charge is 0.459 e. The first-order valence-electron chi connectivity index (χ1n) is 8.98. The van der Waals surface area contributed by atoms with E-state index < -0.39 is 0 Å². The summed E-state index contributed by atoms with van der Waals surface area (Å²) in [5.74, 6) is 0.624. The van der Waals surface area contributed by atoms with Crippen LogP contribution in [0.3, 0.4) is 0 Å². The Labute approximate surface area is 143 Å². The number of carbonyl (C=O) groups excluding carboxylic acids is 2. The Balaban J connectivity index is 1.47. The Morgan fingerprint density at radius 1 is 0.958 bits per heavy atom. The molecule has 132 valence electrons. The molecule has 0 N–H and O–H groups in total. The van der Waals surface area contributed by atoms with Gasteiger partial charge in [0.2, 0.25) is 5.91 Å². The Hall–Kier alpha value is -1.82. The van der Waals surface area contributed by atoms with Gasteiger partial charge in [-0.15, -0.1) is 0 Å². The van der Waals surface area contributed by atoms with Crippen molar-refractivity contribution in [1.82, 2.24) is 14.7 Å². The topological polar surface area (TPSA) is 57.0 Å². The highest BCUT2D eigenvalue weighted by Gasteiger charge is 2.27. The van der Waals surface area contributed by atoms with Crippen LogP contribution >= 0.6 is 0 Å². The predicted molar refractivity (Wildman–Crippen MR) is 90.8 cm³/mol.